The number of carbonyl (C=O) groups is 1. The van der Waals surface area contributed by atoms with E-state index in [1.54, 1.807) is 54.6 Å². The second kappa shape index (κ2) is 10.2. The molecular formula is C25H18BrClN2O3S. The van der Waals surface area contributed by atoms with Crippen molar-refractivity contribution in [3.63, 3.8) is 0 Å². The fraction of sp³-hybridized carbons (Fsp3) is 0.0400. The third kappa shape index (κ3) is 5.45. The molecule has 0 spiro atoms. The minimum atomic E-state index is -0.376. The van der Waals surface area contributed by atoms with Gasteiger partial charge in [-0.15, -0.1) is 0 Å². The van der Waals surface area contributed by atoms with Gasteiger partial charge in [-0.1, -0.05) is 35.9 Å². The van der Waals surface area contributed by atoms with Gasteiger partial charge in [0.25, 0.3) is 5.91 Å². The molecule has 2 N–H and O–H groups in total. The SMILES string of the molecule is COc1c(C(=O)NC(=S)Nc2ccc(Oc3ccc(Cl)cc3)cc2)cc2ccccc2c1Br. The van der Waals surface area contributed by atoms with Crippen molar-refractivity contribution >= 4 is 67.2 Å². The van der Waals surface area contributed by atoms with Crippen LogP contribution in [0.2, 0.25) is 5.02 Å². The van der Waals surface area contributed by atoms with Crippen molar-refractivity contribution in [2.24, 2.45) is 0 Å². The Kier molecular flexibility index (Phi) is 7.13. The fourth-order valence-corrected chi connectivity index (χ4v) is 4.30. The zero-order valence-corrected chi connectivity index (χ0v) is 20.6. The van der Waals surface area contributed by atoms with Crippen LogP contribution in [0.4, 0.5) is 5.69 Å². The first kappa shape index (κ1) is 23.0. The molecule has 0 bridgehead atoms. The van der Waals surface area contributed by atoms with Gasteiger partial charge in [0.1, 0.15) is 17.2 Å². The number of hydrogen-bond acceptors (Lipinski definition) is 4. The third-order valence-electron chi connectivity index (χ3n) is 4.78. The molecule has 1 amide bonds. The first-order chi connectivity index (χ1) is 15.9. The molecule has 4 aromatic rings. The summed E-state index contributed by atoms with van der Waals surface area (Å²) in [6.45, 7) is 0. The maximum Gasteiger partial charge on any atom is 0.261 e. The molecule has 0 aliphatic heterocycles. The predicted octanol–water partition coefficient (Wildman–Crippen LogP) is 7.18. The summed E-state index contributed by atoms with van der Waals surface area (Å²) in [4.78, 5) is 12.9. The molecule has 0 atom stereocenters. The number of fused-ring (bicyclic) bond motifs is 1. The standard InChI is InChI=1S/C25H18BrClN2O3S/c1-31-23-21(14-15-4-2-3-5-20(15)22(23)26)24(30)29-25(33)28-17-8-12-19(13-9-17)32-18-10-6-16(27)7-11-18/h2-14H,1H3,(H2,28,29,30,33). The second-order valence-electron chi connectivity index (χ2n) is 6.98. The van der Waals surface area contributed by atoms with Crippen molar-refractivity contribution in [2.75, 3.05) is 12.4 Å². The summed E-state index contributed by atoms with van der Waals surface area (Å²) >= 11 is 14.8. The van der Waals surface area contributed by atoms with Crippen molar-refractivity contribution in [1.82, 2.24) is 5.32 Å². The minimum absolute atomic E-state index is 0.165. The molecule has 33 heavy (non-hydrogen) atoms. The van der Waals surface area contributed by atoms with Gasteiger partial charge in [-0.3, -0.25) is 10.1 Å². The summed E-state index contributed by atoms with van der Waals surface area (Å²) in [6, 6.07) is 23.8. The van der Waals surface area contributed by atoms with Crippen molar-refractivity contribution < 1.29 is 14.3 Å². The molecular weight excluding hydrogens is 524 g/mol. The van der Waals surface area contributed by atoms with Crippen LogP contribution in [0, 0.1) is 0 Å². The number of nitrogens with one attached hydrogen (secondary N) is 2. The van der Waals surface area contributed by atoms with Crippen LogP contribution in [-0.4, -0.2) is 18.1 Å². The fourth-order valence-electron chi connectivity index (χ4n) is 3.23. The van der Waals surface area contributed by atoms with Crippen molar-refractivity contribution in [2.45, 2.75) is 0 Å². The van der Waals surface area contributed by atoms with E-state index in [0.717, 1.165) is 10.8 Å². The van der Waals surface area contributed by atoms with Crippen molar-refractivity contribution in [3.8, 4) is 17.2 Å². The largest absolute Gasteiger partial charge is 0.495 e. The summed E-state index contributed by atoms with van der Waals surface area (Å²) in [5.41, 5.74) is 1.08. The molecule has 0 aliphatic rings. The van der Waals surface area contributed by atoms with Gasteiger partial charge >= 0.3 is 0 Å². The number of ether oxygens (including phenoxy) is 2. The van der Waals surface area contributed by atoms with Crippen LogP contribution >= 0.6 is 39.7 Å². The zero-order chi connectivity index (χ0) is 23.4. The highest BCUT2D eigenvalue weighted by Crippen LogP contribution is 2.36. The number of anilines is 1. The van der Waals surface area contributed by atoms with Crippen molar-refractivity contribution in [1.29, 1.82) is 0 Å². The van der Waals surface area contributed by atoms with E-state index < -0.39 is 0 Å². The lowest BCUT2D eigenvalue weighted by atomic mass is 10.1. The lowest BCUT2D eigenvalue weighted by Gasteiger charge is -2.15. The number of thiocarbonyl (C=S) groups is 1. The summed E-state index contributed by atoms with van der Waals surface area (Å²) in [6.07, 6.45) is 0. The van der Waals surface area contributed by atoms with Crippen LogP contribution in [-0.2, 0) is 0 Å². The van der Waals surface area contributed by atoms with E-state index in [2.05, 4.69) is 26.6 Å². The lowest BCUT2D eigenvalue weighted by Crippen LogP contribution is -2.34. The molecule has 4 rings (SSSR count). The van der Waals surface area contributed by atoms with Gasteiger partial charge < -0.3 is 14.8 Å². The lowest BCUT2D eigenvalue weighted by molar-refractivity contribution is 0.0975. The summed E-state index contributed by atoms with van der Waals surface area (Å²) in [5, 5.41) is 8.38. The minimum Gasteiger partial charge on any atom is -0.495 e. The number of methoxy groups -OCH3 is 1. The Bertz CT molecular complexity index is 1330. The highest BCUT2D eigenvalue weighted by molar-refractivity contribution is 9.10. The van der Waals surface area contributed by atoms with E-state index >= 15 is 0 Å². The maximum absolute atomic E-state index is 12.9. The Morgan fingerprint density at radius 1 is 0.970 bits per heavy atom. The van der Waals surface area contributed by atoms with E-state index in [4.69, 9.17) is 33.3 Å². The molecule has 0 fully saturated rings. The molecule has 0 aliphatic carbocycles. The molecule has 0 heterocycles. The number of halogens is 2. The normalized spacial score (nSPS) is 10.5. The molecule has 0 saturated heterocycles. The van der Waals surface area contributed by atoms with Crippen LogP contribution in [0.3, 0.4) is 0 Å². The molecule has 4 aromatic carbocycles. The first-order valence-corrected chi connectivity index (χ1v) is 11.4. The number of benzene rings is 4. The van der Waals surface area contributed by atoms with E-state index in [-0.39, 0.29) is 11.0 Å². The zero-order valence-electron chi connectivity index (χ0n) is 17.4. The predicted molar refractivity (Wildman–Crippen MR) is 140 cm³/mol. The quantitative estimate of drug-likeness (QED) is 0.262. The second-order valence-corrected chi connectivity index (χ2v) is 8.62. The molecule has 5 nitrogen and oxygen atoms in total. The van der Waals surface area contributed by atoms with Gasteiger partial charge in [-0.05, 0) is 93.5 Å². The molecule has 8 heteroatoms. The smallest absolute Gasteiger partial charge is 0.261 e. The highest BCUT2D eigenvalue weighted by Gasteiger charge is 2.19. The Morgan fingerprint density at radius 3 is 2.27 bits per heavy atom. The molecule has 0 unspecified atom stereocenters. The van der Waals surface area contributed by atoms with Crippen molar-refractivity contribution in [3.05, 3.63) is 93.9 Å². The average Bonchev–Trinajstić information content (AvgIpc) is 2.81. The topological polar surface area (TPSA) is 59.6 Å². The Labute approximate surface area is 209 Å². The van der Waals surface area contributed by atoms with Crippen LogP contribution in [0.5, 0.6) is 17.2 Å². The van der Waals surface area contributed by atoms with Gasteiger partial charge in [-0.2, -0.15) is 0 Å². The molecule has 0 saturated carbocycles. The number of amides is 1. The van der Waals surface area contributed by atoms with Crippen LogP contribution in [0.15, 0.2) is 83.3 Å². The molecule has 0 radical (unpaired) electrons. The van der Waals surface area contributed by atoms with Gasteiger partial charge in [0.05, 0.1) is 17.1 Å². The summed E-state index contributed by atoms with van der Waals surface area (Å²) in [5.74, 6) is 1.40. The monoisotopic (exact) mass is 540 g/mol. The molecule has 0 aromatic heterocycles. The van der Waals surface area contributed by atoms with E-state index in [1.807, 2.05) is 24.3 Å². The maximum atomic E-state index is 12.9. The van der Waals surface area contributed by atoms with Gasteiger partial charge in [0.15, 0.2) is 5.11 Å². The average molecular weight is 542 g/mol. The van der Waals surface area contributed by atoms with Gasteiger partial charge in [-0.25, -0.2) is 0 Å². The number of rotatable bonds is 5. The first-order valence-electron chi connectivity index (χ1n) is 9.85. The number of hydrogen-bond donors (Lipinski definition) is 2. The van der Waals surface area contributed by atoms with Gasteiger partial charge in [0, 0.05) is 10.7 Å². The third-order valence-corrected chi connectivity index (χ3v) is 6.02. The van der Waals surface area contributed by atoms with Gasteiger partial charge in [0.2, 0.25) is 0 Å². The van der Waals surface area contributed by atoms with E-state index in [9.17, 15) is 4.79 Å². The number of carbonyl (C=O) groups excluding carboxylic acids is 1. The Balaban J connectivity index is 1.43. The summed E-state index contributed by atoms with van der Waals surface area (Å²) in [7, 11) is 1.52. The van der Waals surface area contributed by atoms with Crippen LogP contribution in [0.1, 0.15) is 10.4 Å². The van der Waals surface area contributed by atoms with E-state index in [0.29, 0.717) is 38.0 Å². The Morgan fingerprint density at radius 2 is 1.61 bits per heavy atom. The highest BCUT2D eigenvalue weighted by atomic mass is 79.9. The Hall–Kier alpha value is -3.13. The summed E-state index contributed by atoms with van der Waals surface area (Å²) < 4.78 is 12.0. The van der Waals surface area contributed by atoms with Crippen LogP contribution in [0.25, 0.3) is 10.8 Å². The molecule has 166 valence electrons. The van der Waals surface area contributed by atoms with E-state index in [1.165, 1.54) is 7.11 Å². The van der Waals surface area contributed by atoms with Crippen LogP contribution < -0.4 is 20.1 Å².